The van der Waals surface area contributed by atoms with Crippen molar-refractivity contribution >= 4 is 0 Å². The van der Waals surface area contributed by atoms with Crippen LogP contribution < -0.4 is 10.5 Å². The van der Waals surface area contributed by atoms with Gasteiger partial charge in [0.1, 0.15) is 18.2 Å². The average molecular weight is 289 g/mol. The van der Waals surface area contributed by atoms with Gasteiger partial charge in [0.2, 0.25) is 0 Å². The third-order valence-corrected chi connectivity index (χ3v) is 3.27. The average Bonchev–Trinajstić information content (AvgIpc) is 2.52. The van der Waals surface area contributed by atoms with Crippen LogP contribution in [0.15, 0.2) is 42.5 Å². The predicted octanol–water partition coefficient (Wildman–Crippen LogP) is 3.05. The van der Waals surface area contributed by atoms with Gasteiger partial charge in [-0.05, 0) is 35.7 Å². The largest absolute Gasteiger partial charge is 0.489 e. The molecule has 0 aromatic heterocycles. The Balaban J connectivity index is 1.93. The third kappa shape index (κ3) is 4.55. The predicted molar refractivity (Wildman–Crippen MR) is 80.6 cm³/mol. The van der Waals surface area contributed by atoms with Gasteiger partial charge in [-0.1, -0.05) is 24.3 Å². The number of hydrogen-bond donors (Lipinski definition) is 1. The van der Waals surface area contributed by atoms with Crippen molar-refractivity contribution < 1.29 is 13.9 Å². The highest BCUT2D eigenvalue weighted by Crippen LogP contribution is 2.16. The lowest BCUT2D eigenvalue weighted by atomic mass is 10.1. The first kappa shape index (κ1) is 15.5. The van der Waals surface area contributed by atoms with Gasteiger partial charge in [-0.15, -0.1) is 0 Å². The van der Waals surface area contributed by atoms with Gasteiger partial charge >= 0.3 is 0 Å². The molecule has 2 aromatic carbocycles. The first-order chi connectivity index (χ1) is 10.2. The zero-order valence-electron chi connectivity index (χ0n) is 12.1. The summed E-state index contributed by atoms with van der Waals surface area (Å²) >= 11 is 0. The van der Waals surface area contributed by atoms with Crippen LogP contribution in [0, 0.1) is 5.82 Å². The summed E-state index contributed by atoms with van der Waals surface area (Å²) < 4.78 is 24.4. The molecule has 0 atom stereocenters. The molecular weight excluding hydrogens is 269 g/mol. The summed E-state index contributed by atoms with van der Waals surface area (Å²) in [4.78, 5) is 0. The van der Waals surface area contributed by atoms with Crippen molar-refractivity contribution in [2.75, 3.05) is 13.7 Å². The van der Waals surface area contributed by atoms with Crippen LogP contribution in [0.25, 0.3) is 0 Å². The van der Waals surface area contributed by atoms with Crippen molar-refractivity contribution in [1.82, 2.24) is 0 Å². The lowest BCUT2D eigenvalue weighted by molar-refractivity contribution is 0.202. The minimum atomic E-state index is -0.283. The van der Waals surface area contributed by atoms with Crippen molar-refractivity contribution in [2.45, 2.75) is 19.6 Å². The second kappa shape index (κ2) is 7.76. The summed E-state index contributed by atoms with van der Waals surface area (Å²) in [6.07, 6.45) is 0.867. The van der Waals surface area contributed by atoms with Gasteiger partial charge in [0.25, 0.3) is 0 Å². The standard InChI is InChI=1S/C17H20FNO2/c1-20-9-8-13-3-6-16(7-4-13)21-12-15-5-2-14(11-19)10-17(15)18/h2-7,10H,8-9,11-12,19H2,1H3. The summed E-state index contributed by atoms with van der Waals surface area (Å²) in [5.41, 5.74) is 7.96. The summed E-state index contributed by atoms with van der Waals surface area (Å²) in [5, 5.41) is 0. The molecule has 3 nitrogen and oxygen atoms in total. The molecule has 2 N–H and O–H groups in total. The Morgan fingerprint density at radius 1 is 1.05 bits per heavy atom. The van der Waals surface area contributed by atoms with Crippen LogP contribution in [-0.4, -0.2) is 13.7 Å². The first-order valence-electron chi connectivity index (χ1n) is 6.91. The maximum Gasteiger partial charge on any atom is 0.130 e. The van der Waals surface area contributed by atoms with Crippen molar-refractivity contribution in [3.05, 3.63) is 65.0 Å². The Bertz CT molecular complexity index is 570. The fraction of sp³-hybridized carbons (Fsp3) is 0.294. The smallest absolute Gasteiger partial charge is 0.130 e. The maximum atomic E-state index is 13.8. The second-order valence-electron chi connectivity index (χ2n) is 4.81. The zero-order valence-corrected chi connectivity index (χ0v) is 12.1. The Labute approximate surface area is 124 Å². The molecule has 21 heavy (non-hydrogen) atoms. The number of halogens is 1. The first-order valence-corrected chi connectivity index (χ1v) is 6.91. The number of benzene rings is 2. The lowest BCUT2D eigenvalue weighted by Crippen LogP contribution is -2.02. The summed E-state index contributed by atoms with van der Waals surface area (Å²) in [6, 6.07) is 12.7. The minimum absolute atomic E-state index is 0.202. The van der Waals surface area contributed by atoms with Crippen LogP contribution in [0.1, 0.15) is 16.7 Å². The van der Waals surface area contributed by atoms with E-state index in [0.29, 0.717) is 18.7 Å². The van der Waals surface area contributed by atoms with E-state index in [0.717, 1.165) is 17.7 Å². The summed E-state index contributed by atoms with van der Waals surface area (Å²) in [7, 11) is 1.68. The van der Waals surface area contributed by atoms with E-state index in [1.54, 1.807) is 13.2 Å². The molecule has 0 bridgehead atoms. The Morgan fingerprint density at radius 3 is 2.38 bits per heavy atom. The number of rotatable bonds is 7. The Kier molecular flexibility index (Phi) is 5.72. The highest BCUT2D eigenvalue weighted by Gasteiger charge is 2.04. The van der Waals surface area contributed by atoms with Gasteiger partial charge in [-0.25, -0.2) is 4.39 Å². The highest BCUT2D eigenvalue weighted by molar-refractivity contribution is 5.29. The molecule has 4 heteroatoms. The molecule has 0 aliphatic heterocycles. The molecule has 0 aliphatic carbocycles. The molecule has 0 fully saturated rings. The van der Waals surface area contributed by atoms with Crippen molar-refractivity contribution in [3.8, 4) is 5.75 Å². The van der Waals surface area contributed by atoms with E-state index in [4.69, 9.17) is 15.2 Å². The van der Waals surface area contributed by atoms with Crippen molar-refractivity contribution in [1.29, 1.82) is 0 Å². The van der Waals surface area contributed by atoms with E-state index in [2.05, 4.69) is 0 Å². The SMILES string of the molecule is COCCc1ccc(OCc2ccc(CN)cc2F)cc1. The normalized spacial score (nSPS) is 10.6. The fourth-order valence-corrected chi connectivity index (χ4v) is 1.97. The molecular formula is C17H20FNO2. The maximum absolute atomic E-state index is 13.8. The van der Waals surface area contributed by atoms with E-state index < -0.39 is 0 Å². The molecule has 2 rings (SSSR count). The molecule has 0 unspecified atom stereocenters. The van der Waals surface area contributed by atoms with Gasteiger partial charge in [0.05, 0.1) is 6.61 Å². The highest BCUT2D eigenvalue weighted by atomic mass is 19.1. The molecule has 0 saturated heterocycles. The van der Waals surface area contributed by atoms with Crippen LogP contribution >= 0.6 is 0 Å². The topological polar surface area (TPSA) is 44.5 Å². The van der Waals surface area contributed by atoms with E-state index in [1.165, 1.54) is 11.6 Å². The quantitative estimate of drug-likeness (QED) is 0.852. The Morgan fingerprint density at radius 2 is 1.76 bits per heavy atom. The molecule has 0 spiro atoms. The molecule has 0 heterocycles. The molecule has 0 saturated carbocycles. The van der Waals surface area contributed by atoms with E-state index in [9.17, 15) is 4.39 Å². The van der Waals surface area contributed by atoms with Gasteiger partial charge < -0.3 is 15.2 Å². The van der Waals surface area contributed by atoms with Crippen LogP contribution in [0.5, 0.6) is 5.75 Å². The van der Waals surface area contributed by atoms with E-state index in [-0.39, 0.29) is 12.4 Å². The monoisotopic (exact) mass is 289 g/mol. The van der Waals surface area contributed by atoms with Gasteiger partial charge in [0.15, 0.2) is 0 Å². The summed E-state index contributed by atoms with van der Waals surface area (Å²) in [5.74, 6) is 0.438. The minimum Gasteiger partial charge on any atom is -0.489 e. The van der Waals surface area contributed by atoms with Crippen LogP contribution in [-0.2, 0) is 24.3 Å². The van der Waals surface area contributed by atoms with Crippen molar-refractivity contribution in [2.24, 2.45) is 5.73 Å². The molecule has 0 amide bonds. The van der Waals surface area contributed by atoms with Gasteiger partial charge in [-0.2, -0.15) is 0 Å². The van der Waals surface area contributed by atoms with Crippen LogP contribution in [0.3, 0.4) is 0 Å². The van der Waals surface area contributed by atoms with Gasteiger partial charge in [0, 0.05) is 19.2 Å². The fourth-order valence-electron chi connectivity index (χ4n) is 1.97. The Hall–Kier alpha value is -1.91. The number of hydrogen-bond acceptors (Lipinski definition) is 3. The van der Waals surface area contributed by atoms with Crippen molar-refractivity contribution in [3.63, 3.8) is 0 Å². The summed E-state index contributed by atoms with van der Waals surface area (Å²) in [6.45, 7) is 1.23. The molecule has 2 aromatic rings. The van der Waals surface area contributed by atoms with Crippen LogP contribution in [0.4, 0.5) is 4.39 Å². The van der Waals surface area contributed by atoms with E-state index >= 15 is 0 Å². The number of ether oxygens (including phenoxy) is 2. The molecule has 0 radical (unpaired) electrons. The molecule has 0 aliphatic rings. The lowest BCUT2D eigenvalue weighted by Gasteiger charge is -2.09. The molecule has 112 valence electrons. The van der Waals surface area contributed by atoms with E-state index in [1.807, 2.05) is 30.3 Å². The second-order valence-corrected chi connectivity index (χ2v) is 4.81. The third-order valence-electron chi connectivity index (χ3n) is 3.27. The zero-order chi connectivity index (χ0) is 15.1. The van der Waals surface area contributed by atoms with Gasteiger partial charge in [-0.3, -0.25) is 0 Å². The number of methoxy groups -OCH3 is 1. The number of nitrogens with two attached hydrogens (primary N) is 1. The van der Waals surface area contributed by atoms with Crippen LogP contribution in [0.2, 0.25) is 0 Å².